The lowest BCUT2D eigenvalue weighted by atomic mass is 10.0. The molecule has 1 aliphatic rings. The molecule has 1 fully saturated rings. The number of hydrogen-bond acceptors (Lipinski definition) is 5. The Morgan fingerprint density at radius 3 is 2.85 bits per heavy atom. The summed E-state index contributed by atoms with van der Waals surface area (Å²) in [6.07, 6.45) is 0.664. The lowest BCUT2D eigenvalue weighted by molar-refractivity contribution is -0.165. The molecule has 1 aliphatic heterocycles. The van der Waals surface area contributed by atoms with Crippen LogP contribution >= 0.6 is 0 Å². The first-order chi connectivity index (χ1) is 6.08. The fourth-order valence-electron chi connectivity index (χ4n) is 1.17. The van der Waals surface area contributed by atoms with Crippen LogP contribution in [0.4, 0.5) is 0 Å². The zero-order valence-corrected chi connectivity index (χ0v) is 7.41. The number of rotatable bonds is 3. The Morgan fingerprint density at radius 2 is 2.46 bits per heavy atom. The molecule has 1 unspecified atom stereocenters. The van der Waals surface area contributed by atoms with Crippen LogP contribution < -0.4 is 0 Å². The predicted octanol–water partition coefficient (Wildman–Crippen LogP) is -0.382. The van der Waals surface area contributed by atoms with Crippen molar-refractivity contribution >= 4 is 11.9 Å². The normalized spacial score (nSPS) is 27.1. The average Bonchev–Trinajstić information content (AvgIpc) is 2.45. The van der Waals surface area contributed by atoms with Crippen LogP contribution in [-0.2, 0) is 19.1 Å². The summed E-state index contributed by atoms with van der Waals surface area (Å²) in [5.74, 6) is -0.808. The summed E-state index contributed by atoms with van der Waals surface area (Å²) in [6.45, 7) is 0.887. The Labute approximate surface area is 75.6 Å². The number of hydrogen-bond donors (Lipinski definition) is 1. The Kier molecular flexibility index (Phi) is 2.87. The summed E-state index contributed by atoms with van der Waals surface area (Å²) in [4.78, 5) is 21.3. The number of ether oxygens (including phenoxy) is 2. The minimum absolute atomic E-state index is 0.0649. The van der Waals surface area contributed by atoms with Gasteiger partial charge in [0.1, 0.15) is 6.61 Å². The smallest absolute Gasteiger partial charge is 0.306 e. The third-order valence-electron chi connectivity index (χ3n) is 1.94. The van der Waals surface area contributed by atoms with Crippen molar-refractivity contribution in [1.82, 2.24) is 0 Å². The molecule has 5 heteroatoms. The van der Waals surface area contributed by atoms with E-state index in [4.69, 9.17) is 14.6 Å². The zero-order chi connectivity index (χ0) is 9.90. The maximum atomic E-state index is 10.8. The minimum atomic E-state index is -0.997. The van der Waals surface area contributed by atoms with Gasteiger partial charge in [-0.1, -0.05) is 0 Å². The van der Waals surface area contributed by atoms with E-state index >= 15 is 0 Å². The van der Waals surface area contributed by atoms with Crippen molar-refractivity contribution in [3.8, 4) is 0 Å². The average molecular weight is 188 g/mol. The van der Waals surface area contributed by atoms with Crippen molar-refractivity contribution in [1.29, 1.82) is 0 Å². The van der Waals surface area contributed by atoms with Crippen molar-refractivity contribution in [3.63, 3.8) is 0 Å². The van der Waals surface area contributed by atoms with Gasteiger partial charge in [-0.3, -0.25) is 9.59 Å². The fourth-order valence-corrected chi connectivity index (χ4v) is 1.17. The molecule has 1 rings (SSSR count). The number of carbonyl (C=O) groups excluding carboxylic acids is 2. The molecule has 13 heavy (non-hydrogen) atoms. The molecule has 5 nitrogen and oxygen atoms in total. The molecule has 0 amide bonds. The molecular formula is C8H12O5. The van der Waals surface area contributed by atoms with Gasteiger partial charge in [0.05, 0.1) is 6.61 Å². The molecule has 0 aromatic heterocycles. The van der Waals surface area contributed by atoms with Crippen LogP contribution in [0.15, 0.2) is 0 Å². The van der Waals surface area contributed by atoms with Crippen molar-refractivity contribution in [2.45, 2.75) is 25.4 Å². The summed E-state index contributed by atoms with van der Waals surface area (Å²) in [7, 11) is 0. The largest absolute Gasteiger partial charge is 0.462 e. The molecule has 0 spiro atoms. The van der Waals surface area contributed by atoms with Crippen molar-refractivity contribution in [2.75, 3.05) is 13.2 Å². The predicted molar refractivity (Wildman–Crippen MR) is 41.8 cm³/mol. The van der Waals surface area contributed by atoms with Crippen molar-refractivity contribution < 1.29 is 24.2 Å². The molecule has 0 aromatic carbocycles. The number of carbonyl (C=O) groups is 2. The van der Waals surface area contributed by atoms with E-state index in [9.17, 15) is 9.59 Å². The highest BCUT2D eigenvalue weighted by atomic mass is 16.6. The van der Waals surface area contributed by atoms with E-state index in [2.05, 4.69) is 0 Å². The van der Waals surface area contributed by atoms with E-state index in [1.54, 1.807) is 0 Å². The van der Waals surface area contributed by atoms with Gasteiger partial charge in [-0.2, -0.15) is 0 Å². The summed E-state index contributed by atoms with van der Waals surface area (Å²) >= 11 is 0. The van der Waals surface area contributed by atoms with Crippen LogP contribution in [0.3, 0.4) is 0 Å². The Balaban J connectivity index is 2.50. The van der Waals surface area contributed by atoms with Gasteiger partial charge in [0.15, 0.2) is 5.60 Å². The second-order valence-electron chi connectivity index (χ2n) is 3.10. The molecule has 1 saturated heterocycles. The van der Waals surface area contributed by atoms with Crippen molar-refractivity contribution in [2.24, 2.45) is 0 Å². The number of cyclic esters (lactones) is 1. The molecule has 0 bridgehead atoms. The Hall–Kier alpha value is -1.10. The summed E-state index contributed by atoms with van der Waals surface area (Å²) < 4.78 is 9.57. The first-order valence-electron chi connectivity index (χ1n) is 4.04. The molecule has 1 heterocycles. The highest BCUT2D eigenvalue weighted by Gasteiger charge is 2.41. The van der Waals surface area contributed by atoms with Crippen LogP contribution in [0.2, 0.25) is 0 Å². The van der Waals surface area contributed by atoms with Gasteiger partial charge in [-0.15, -0.1) is 0 Å². The number of aliphatic hydroxyl groups is 1. The quantitative estimate of drug-likeness (QED) is 0.611. The Morgan fingerprint density at radius 1 is 1.77 bits per heavy atom. The van der Waals surface area contributed by atoms with Crippen molar-refractivity contribution in [3.05, 3.63) is 0 Å². The molecule has 0 aliphatic carbocycles. The van der Waals surface area contributed by atoms with Gasteiger partial charge in [0.25, 0.3) is 0 Å². The highest BCUT2D eigenvalue weighted by molar-refractivity contribution is 5.72. The van der Waals surface area contributed by atoms with Gasteiger partial charge in [0, 0.05) is 19.8 Å². The topological polar surface area (TPSA) is 72.8 Å². The van der Waals surface area contributed by atoms with E-state index in [0.29, 0.717) is 6.42 Å². The second-order valence-corrected chi connectivity index (χ2v) is 3.10. The van der Waals surface area contributed by atoms with Crippen LogP contribution in [-0.4, -0.2) is 35.9 Å². The maximum absolute atomic E-state index is 10.8. The maximum Gasteiger partial charge on any atom is 0.306 e. The van der Waals surface area contributed by atoms with Crippen LogP contribution in [0.5, 0.6) is 0 Å². The molecule has 0 radical (unpaired) electrons. The molecule has 1 atom stereocenters. The van der Waals surface area contributed by atoms with Gasteiger partial charge in [-0.05, 0) is 0 Å². The first kappa shape index (κ1) is 9.98. The molecule has 74 valence electrons. The van der Waals surface area contributed by atoms with Gasteiger partial charge in [-0.25, -0.2) is 0 Å². The van der Waals surface area contributed by atoms with E-state index < -0.39 is 11.6 Å². The summed E-state index contributed by atoms with van der Waals surface area (Å²) in [6, 6.07) is 0. The van der Waals surface area contributed by atoms with Crippen LogP contribution in [0.1, 0.15) is 19.8 Å². The third-order valence-corrected chi connectivity index (χ3v) is 1.94. The third kappa shape index (κ3) is 2.42. The molecular weight excluding hydrogens is 176 g/mol. The van der Waals surface area contributed by atoms with E-state index in [1.165, 1.54) is 6.92 Å². The molecule has 1 N–H and O–H groups in total. The molecule has 0 aromatic rings. The van der Waals surface area contributed by atoms with E-state index in [0.717, 1.165) is 0 Å². The lowest BCUT2D eigenvalue weighted by Gasteiger charge is -2.23. The highest BCUT2D eigenvalue weighted by Crippen LogP contribution is 2.26. The van der Waals surface area contributed by atoms with Gasteiger partial charge < -0.3 is 14.6 Å². The summed E-state index contributed by atoms with van der Waals surface area (Å²) in [5, 5.41) is 8.98. The Bertz CT molecular complexity index is 225. The second kappa shape index (κ2) is 3.74. The number of esters is 2. The monoisotopic (exact) mass is 188 g/mol. The van der Waals surface area contributed by atoms with E-state index in [1.807, 2.05) is 0 Å². The van der Waals surface area contributed by atoms with Gasteiger partial charge >= 0.3 is 11.9 Å². The fraction of sp³-hybridized carbons (Fsp3) is 0.750. The first-order valence-corrected chi connectivity index (χ1v) is 4.04. The standard InChI is InChI=1S/C8H12O5/c1-6(10)12-5-8(4-9)3-2-7(11)13-8/h9H,2-5H2,1H3. The lowest BCUT2D eigenvalue weighted by Crippen LogP contribution is -2.39. The molecule has 0 saturated carbocycles. The van der Waals surface area contributed by atoms with E-state index in [-0.39, 0.29) is 25.6 Å². The van der Waals surface area contributed by atoms with Crippen LogP contribution in [0.25, 0.3) is 0 Å². The number of aliphatic hydroxyl groups excluding tert-OH is 1. The minimum Gasteiger partial charge on any atom is -0.462 e. The zero-order valence-electron chi connectivity index (χ0n) is 7.41. The summed E-state index contributed by atoms with van der Waals surface area (Å²) in [5.41, 5.74) is -0.997. The van der Waals surface area contributed by atoms with Gasteiger partial charge in [0.2, 0.25) is 0 Å². The van der Waals surface area contributed by atoms with Crippen LogP contribution in [0, 0.1) is 0 Å². The SMILES string of the molecule is CC(=O)OCC1(CO)CCC(=O)O1.